The average Bonchev–Trinajstić information content (AvgIpc) is 2.60. The van der Waals surface area contributed by atoms with Crippen LogP contribution in [0.5, 0.6) is 0 Å². The van der Waals surface area contributed by atoms with Crippen LogP contribution in [0.4, 0.5) is 0 Å². The molecule has 2 fully saturated rings. The van der Waals surface area contributed by atoms with Crippen LogP contribution in [0.1, 0.15) is 13.3 Å². The summed E-state index contributed by atoms with van der Waals surface area (Å²) in [5.41, 5.74) is 0. The van der Waals surface area contributed by atoms with E-state index in [9.17, 15) is 16.8 Å². The third-order valence-corrected chi connectivity index (χ3v) is 7.80. The zero-order valence-corrected chi connectivity index (χ0v) is 11.4. The van der Waals surface area contributed by atoms with Gasteiger partial charge in [-0.3, -0.25) is 0 Å². The zero-order valence-electron chi connectivity index (χ0n) is 9.79. The van der Waals surface area contributed by atoms with Gasteiger partial charge in [0.15, 0.2) is 9.84 Å². The molecule has 6 nitrogen and oxygen atoms in total. The number of hydrogen-bond donors (Lipinski definition) is 1. The molecule has 2 rings (SSSR count). The lowest BCUT2D eigenvalue weighted by molar-refractivity contribution is 0.281. The Bertz CT molecular complexity index is 485. The van der Waals surface area contributed by atoms with E-state index >= 15 is 0 Å². The van der Waals surface area contributed by atoms with Crippen LogP contribution in [-0.2, 0) is 19.9 Å². The van der Waals surface area contributed by atoms with E-state index in [0.29, 0.717) is 19.6 Å². The topological polar surface area (TPSA) is 83.6 Å². The van der Waals surface area contributed by atoms with Crippen molar-refractivity contribution in [3.63, 3.8) is 0 Å². The molecule has 0 bridgehead atoms. The van der Waals surface area contributed by atoms with Gasteiger partial charge in [0, 0.05) is 25.7 Å². The van der Waals surface area contributed by atoms with Crippen LogP contribution in [0.2, 0.25) is 0 Å². The number of sulfonamides is 1. The third kappa shape index (κ3) is 2.64. The van der Waals surface area contributed by atoms with Gasteiger partial charge in [-0.2, -0.15) is 4.31 Å². The van der Waals surface area contributed by atoms with E-state index in [2.05, 4.69) is 5.32 Å². The summed E-state index contributed by atoms with van der Waals surface area (Å²) in [5, 5.41) is 2.38. The van der Waals surface area contributed by atoms with E-state index in [1.54, 1.807) is 0 Å². The smallest absolute Gasteiger partial charge is 0.218 e. The van der Waals surface area contributed by atoms with Crippen molar-refractivity contribution < 1.29 is 16.8 Å². The molecule has 1 N–H and O–H groups in total. The zero-order chi connectivity index (χ0) is 12.7. The Hall–Kier alpha value is -0.180. The van der Waals surface area contributed by atoms with Gasteiger partial charge in [0.05, 0.1) is 16.8 Å². The SMILES string of the molecule is C[C@@H]1CNCCN1S(=O)(=O)C1CCS(=O)(=O)C1. The van der Waals surface area contributed by atoms with Gasteiger partial charge in [0.25, 0.3) is 0 Å². The summed E-state index contributed by atoms with van der Waals surface area (Å²) < 4.78 is 48.8. The largest absolute Gasteiger partial charge is 0.314 e. The highest BCUT2D eigenvalue weighted by Crippen LogP contribution is 2.24. The average molecular weight is 282 g/mol. The molecule has 0 spiro atoms. The number of sulfone groups is 1. The van der Waals surface area contributed by atoms with Crippen LogP contribution in [0, 0.1) is 0 Å². The van der Waals surface area contributed by atoms with Crippen molar-refractivity contribution in [1.82, 2.24) is 9.62 Å². The van der Waals surface area contributed by atoms with Gasteiger partial charge in [-0.15, -0.1) is 0 Å². The summed E-state index contributed by atoms with van der Waals surface area (Å²) >= 11 is 0. The lowest BCUT2D eigenvalue weighted by Crippen LogP contribution is -2.54. The highest BCUT2D eigenvalue weighted by atomic mass is 32.2. The second-order valence-electron chi connectivity index (χ2n) is 4.73. The van der Waals surface area contributed by atoms with Gasteiger partial charge in [-0.25, -0.2) is 16.8 Å². The van der Waals surface area contributed by atoms with Crippen LogP contribution < -0.4 is 5.32 Å². The second-order valence-corrected chi connectivity index (χ2v) is 9.13. The van der Waals surface area contributed by atoms with Crippen molar-refractivity contribution in [3.05, 3.63) is 0 Å². The van der Waals surface area contributed by atoms with Gasteiger partial charge >= 0.3 is 0 Å². The molecular weight excluding hydrogens is 264 g/mol. The Morgan fingerprint density at radius 1 is 1.35 bits per heavy atom. The molecule has 2 aliphatic heterocycles. The van der Waals surface area contributed by atoms with Crippen LogP contribution in [-0.4, -0.2) is 63.6 Å². The fourth-order valence-electron chi connectivity index (χ4n) is 2.39. The van der Waals surface area contributed by atoms with Crippen molar-refractivity contribution >= 4 is 19.9 Å². The summed E-state index contributed by atoms with van der Waals surface area (Å²) in [6, 6.07) is -0.0999. The summed E-state index contributed by atoms with van der Waals surface area (Å²) in [7, 11) is -6.62. The molecule has 2 aliphatic rings. The minimum Gasteiger partial charge on any atom is -0.314 e. The van der Waals surface area contributed by atoms with Crippen molar-refractivity contribution in [3.8, 4) is 0 Å². The van der Waals surface area contributed by atoms with Crippen molar-refractivity contribution in [2.24, 2.45) is 0 Å². The first-order valence-electron chi connectivity index (χ1n) is 5.75. The minimum atomic E-state index is -3.47. The molecule has 0 amide bonds. The van der Waals surface area contributed by atoms with Crippen molar-refractivity contribution in [2.75, 3.05) is 31.1 Å². The molecule has 0 radical (unpaired) electrons. The van der Waals surface area contributed by atoms with E-state index < -0.39 is 25.1 Å². The normalized spacial score (nSPS) is 34.9. The van der Waals surface area contributed by atoms with Crippen LogP contribution in [0.3, 0.4) is 0 Å². The Morgan fingerprint density at radius 2 is 2.06 bits per heavy atom. The van der Waals surface area contributed by atoms with Gasteiger partial charge in [-0.05, 0) is 13.3 Å². The van der Waals surface area contributed by atoms with Crippen LogP contribution >= 0.6 is 0 Å². The van der Waals surface area contributed by atoms with Crippen molar-refractivity contribution in [1.29, 1.82) is 0 Å². The standard InChI is InChI=1S/C9H18N2O4S2/c1-8-6-10-3-4-11(8)17(14,15)9-2-5-16(12,13)7-9/h8-10H,2-7H2,1H3/t8-,9?/m1/s1. The molecule has 100 valence electrons. The Balaban J connectivity index is 2.19. The van der Waals surface area contributed by atoms with Crippen LogP contribution in [0.25, 0.3) is 0 Å². The minimum absolute atomic E-state index is 0.00261. The Morgan fingerprint density at radius 3 is 2.59 bits per heavy atom. The number of rotatable bonds is 2. The maximum absolute atomic E-state index is 12.3. The monoisotopic (exact) mass is 282 g/mol. The summed E-state index contributed by atoms with van der Waals surface area (Å²) in [6.45, 7) is 3.52. The molecule has 2 saturated heterocycles. The lowest BCUT2D eigenvalue weighted by Gasteiger charge is -2.34. The van der Waals surface area contributed by atoms with E-state index in [1.807, 2.05) is 6.92 Å². The fraction of sp³-hybridized carbons (Fsp3) is 1.00. The molecule has 0 aromatic heterocycles. The highest BCUT2D eigenvalue weighted by Gasteiger charge is 2.42. The molecule has 17 heavy (non-hydrogen) atoms. The maximum atomic E-state index is 12.3. The quantitative estimate of drug-likeness (QED) is 0.687. The van der Waals surface area contributed by atoms with Crippen molar-refractivity contribution in [2.45, 2.75) is 24.6 Å². The maximum Gasteiger partial charge on any atom is 0.218 e. The molecular formula is C9H18N2O4S2. The van der Waals surface area contributed by atoms with Crippen LogP contribution in [0.15, 0.2) is 0 Å². The Labute approximate surface area is 102 Å². The molecule has 0 aromatic carbocycles. The molecule has 2 heterocycles. The third-order valence-electron chi connectivity index (χ3n) is 3.38. The predicted molar refractivity (Wildman–Crippen MR) is 65.0 cm³/mol. The van der Waals surface area contributed by atoms with Gasteiger partial charge in [-0.1, -0.05) is 0 Å². The van der Waals surface area contributed by atoms with E-state index in [4.69, 9.17) is 0 Å². The molecule has 1 unspecified atom stereocenters. The molecule has 2 atom stereocenters. The predicted octanol–water partition coefficient (Wildman–Crippen LogP) is -1.20. The molecule has 0 saturated carbocycles. The summed E-state index contributed by atoms with van der Waals surface area (Å²) in [4.78, 5) is 0. The van der Waals surface area contributed by atoms with E-state index in [0.717, 1.165) is 0 Å². The molecule has 8 heteroatoms. The molecule has 0 aliphatic carbocycles. The first kappa shape index (κ1) is 13.3. The van der Waals surface area contributed by atoms with E-state index in [-0.39, 0.29) is 24.0 Å². The first-order valence-corrected chi connectivity index (χ1v) is 9.07. The van der Waals surface area contributed by atoms with Gasteiger partial charge in [0.2, 0.25) is 10.0 Å². The summed E-state index contributed by atoms with van der Waals surface area (Å²) in [6.07, 6.45) is 0.237. The number of nitrogens with one attached hydrogen (secondary N) is 1. The van der Waals surface area contributed by atoms with Gasteiger partial charge < -0.3 is 5.32 Å². The number of hydrogen-bond acceptors (Lipinski definition) is 5. The number of nitrogens with zero attached hydrogens (tertiary/aromatic N) is 1. The van der Waals surface area contributed by atoms with Gasteiger partial charge in [0.1, 0.15) is 0 Å². The fourth-order valence-corrected chi connectivity index (χ4v) is 7.11. The highest BCUT2D eigenvalue weighted by molar-refractivity contribution is 7.95. The first-order chi connectivity index (χ1) is 7.83. The lowest BCUT2D eigenvalue weighted by atomic mass is 10.3. The second kappa shape index (κ2) is 4.49. The summed E-state index contributed by atoms with van der Waals surface area (Å²) in [5.74, 6) is -0.219. The Kier molecular flexibility index (Phi) is 3.50. The molecule has 0 aromatic rings. The van der Waals surface area contributed by atoms with E-state index in [1.165, 1.54) is 4.31 Å². The number of piperazine rings is 1.